The quantitative estimate of drug-likeness (QED) is 0.826. The van der Waals surface area contributed by atoms with Crippen molar-refractivity contribution in [3.63, 3.8) is 0 Å². The molecule has 1 aromatic carbocycles. The summed E-state index contributed by atoms with van der Waals surface area (Å²) in [5, 5.41) is 18.4. The third kappa shape index (κ3) is 3.96. The fourth-order valence-electron chi connectivity index (χ4n) is 2.57. The molecule has 22 heavy (non-hydrogen) atoms. The van der Waals surface area contributed by atoms with Gasteiger partial charge in [0, 0.05) is 37.5 Å². The largest absolute Gasteiger partial charge is 0.389 e. The lowest BCUT2D eigenvalue weighted by atomic mass is 9.88. The molecule has 0 bridgehead atoms. The third-order valence-corrected chi connectivity index (χ3v) is 4.42. The van der Waals surface area contributed by atoms with E-state index in [1.165, 1.54) is 0 Å². The van der Waals surface area contributed by atoms with Crippen LogP contribution < -0.4 is 5.32 Å². The number of rotatable bonds is 7. The lowest BCUT2D eigenvalue weighted by molar-refractivity contribution is 0.00535. The second-order valence-corrected chi connectivity index (χ2v) is 6.31. The zero-order valence-corrected chi connectivity index (χ0v) is 14.0. The number of hydrogen-bond donors (Lipinski definition) is 2. The second-order valence-electron chi connectivity index (χ2n) is 6.31. The Morgan fingerprint density at radius 3 is 2.64 bits per heavy atom. The fourth-order valence-corrected chi connectivity index (χ4v) is 2.57. The van der Waals surface area contributed by atoms with E-state index < -0.39 is 5.60 Å². The van der Waals surface area contributed by atoms with Gasteiger partial charge in [0.2, 0.25) is 0 Å². The molecule has 1 aromatic heterocycles. The topological polar surface area (TPSA) is 50.1 Å². The number of nitrogens with one attached hydrogen (secondary N) is 1. The summed E-state index contributed by atoms with van der Waals surface area (Å²) in [5.74, 6) is 0.266. The van der Waals surface area contributed by atoms with E-state index in [4.69, 9.17) is 0 Å². The Kier molecular flexibility index (Phi) is 5.37. The van der Waals surface area contributed by atoms with Crippen molar-refractivity contribution >= 4 is 0 Å². The van der Waals surface area contributed by atoms with Crippen molar-refractivity contribution in [2.45, 2.75) is 39.3 Å². The van der Waals surface area contributed by atoms with Gasteiger partial charge in [-0.3, -0.25) is 4.68 Å². The number of benzene rings is 1. The summed E-state index contributed by atoms with van der Waals surface area (Å²) in [5.41, 5.74) is 2.57. The molecule has 0 spiro atoms. The van der Waals surface area contributed by atoms with Crippen molar-refractivity contribution < 1.29 is 5.11 Å². The number of nitrogens with zero attached hydrogens (tertiary/aromatic N) is 2. The normalized spacial score (nSPS) is 15.5. The van der Waals surface area contributed by atoms with Crippen LogP contribution in [0.2, 0.25) is 0 Å². The summed E-state index contributed by atoms with van der Waals surface area (Å²) in [4.78, 5) is 0. The van der Waals surface area contributed by atoms with Crippen LogP contribution in [0.25, 0.3) is 11.3 Å². The molecule has 2 aromatic rings. The van der Waals surface area contributed by atoms with Crippen molar-refractivity contribution in [2.24, 2.45) is 13.0 Å². The molecule has 0 amide bonds. The van der Waals surface area contributed by atoms with Crippen LogP contribution in [0.4, 0.5) is 0 Å². The molecule has 0 saturated carbocycles. The minimum Gasteiger partial charge on any atom is -0.389 e. The molecule has 0 radical (unpaired) electrons. The third-order valence-electron chi connectivity index (χ3n) is 4.42. The Hall–Kier alpha value is -1.65. The van der Waals surface area contributed by atoms with Gasteiger partial charge in [-0.05, 0) is 12.8 Å². The number of hydrogen-bond acceptors (Lipinski definition) is 3. The van der Waals surface area contributed by atoms with Gasteiger partial charge in [-0.25, -0.2) is 0 Å². The van der Waals surface area contributed by atoms with Gasteiger partial charge < -0.3 is 10.4 Å². The van der Waals surface area contributed by atoms with Crippen LogP contribution in [-0.4, -0.2) is 27.0 Å². The van der Waals surface area contributed by atoms with Gasteiger partial charge in [-0.15, -0.1) is 0 Å². The fraction of sp³-hybridized carbons (Fsp3) is 0.500. The monoisotopic (exact) mass is 301 g/mol. The maximum atomic E-state index is 10.5. The number of aryl methyl sites for hydroxylation is 1. The van der Waals surface area contributed by atoms with E-state index in [0.717, 1.165) is 23.2 Å². The standard InChI is InChI=1S/C18H27N3O/c1-5-14(2)18(3,22)13-19-11-16-12-21(4)20-17(16)15-9-7-6-8-10-15/h6-10,12,14,19,22H,5,11,13H2,1-4H3. The predicted molar refractivity (Wildman–Crippen MR) is 90.4 cm³/mol. The molecule has 0 aliphatic carbocycles. The highest BCUT2D eigenvalue weighted by molar-refractivity contribution is 5.62. The smallest absolute Gasteiger partial charge is 0.0967 e. The van der Waals surface area contributed by atoms with E-state index in [9.17, 15) is 5.11 Å². The van der Waals surface area contributed by atoms with Crippen molar-refractivity contribution in [3.05, 3.63) is 42.1 Å². The average Bonchev–Trinajstić information content (AvgIpc) is 2.88. The van der Waals surface area contributed by atoms with Crippen molar-refractivity contribution in [1.82, 2.24) is 15.1 Å². The summed E-state index contributed by atoms with van der Waals surface area (Å²) in [6, 6.07) is 10.2. The average molecular weight is 301 g/mol. The van der Waals surface area contributed by atoms with Crippen LogP contribution in [-0.2, 0) is 13.6 Å². The van der Waals surface area contributed by atoms with Crippen molar-refractivity contribution in [1.29, 1.82) is 0 Å². The SMILES string of the molecule is CCC(C)C(C)(O)CNCc1cn(C)nc1-c1ccccc1. The van der Waals surface area contributed by atoms with Crippen LogP contribution in [0.3, 0.4) is 0 Å². The summed E-state index contributed by atoms with van der Waals surface area (Å²) in [7, 11) is 1.94. The molecule has 2 unspecified atom stereocenters. The van der Waals surface area contributed by atoms with E-state index in [1.54, 1.807) is 0 Å². The maximum absolute atomic E-state index is 10.5. The van der Waals surface area contributed by atoms with Crippen LogP contribution in [0.1, 0.15) is 32.8 Å². The van der Waals surface area contributed by atoms with Crippen molar-refractivity contribution in [2.75, 3.05) is 6.54 Å². The van der Waals surface area contributed by atoms with E-state index in [2.05, 4.69) is 36.4 Å². The zero-order valence-electron chi connectivity index (χ0n) is 14.0. The Morgan fingerprint density at radius 2 is 2.00 bits per heavy atom. The second kappa shape index (κ2) is 7.07. The predicted octanol–water partition coefficient (Wildman–Crippen LogP) is 2.97. The van der Waals surface area contributed by atoms with Gasteiger partial charge in [0.25, 0.3) is 0 Å². The van der Waals surface area contributed by atoms with Crippen LogP contribution >= 0.6 is 0 Å². The summed E-state index contributed by atoms with van der Waals surface area (Å²) in [6.07, 6.45) is 3.00. The molecule has 0 fully saturated rings. The molecule has 2 N–H and O–H groups in total. The number of aromatic nitrogens is 2. The molecule has 1 heterocycles. The molecule has 4 heteroatoms. The highest BCUT2D eigenvalue weighted by atomic mass is 16.3. The van der Waals surface area contributed by atoms with E-state index in [0.29, 0.717) is 13.1 Å². The van der Waals surface area contributed by atoms with Gasteiger partial charge >= 0.3 is 0 Å². The highest BCUT2D eigenvalue weighted by Gasteiger charge is 2.26. The first-order valence-electron chi connectivity index (χ1n) is 7.95. The minimum atomic E-state index is -0.691. The Morgan fingerprint density at radius 1 is 1.32 bits per heavy atom. The zero-order chi connectivity index (χ0) is 16.2. The molecule has 4 nitrogen and oxygen atoms in total. The van der Waals surface area contributed by atoms with E-state index in [1.807, 2.05) is 43.0 Å². The molecule has 120 valence electrons. The summed E-state index contributed by atoms with van der Waals surface area (Å²) in [6.45, 7) is 7.36. The van der Waals surface area contributed by atoms with Gasteiger partial charge in [-0.2, -0.15) is 5.10 Å². The Labute approximate surface area is 133 Å². The minimum absolute atomic E-state index is 0.266. The first-order chi connectivity index (χ1) is 10.4. The van der Waals surface area contributed by atoms with Gasteiger partial charge in [0.1, 0.15) is 0 Å². The van der Waals surface area contributed by atoms with Crippen LogP contribution in [0, 0.1) is 5.92 Å². The lowest BCUT2D eigenvalue weighted by Crippen LogP contribution is -2.42. The molecular formula is C18H27N3O. The van der Waals surface area contributed by atoms with Gasteiger partial charge in [0.15, 0.2) is 0 Å². The first kappa shape index (κ1) is 16.7. The maximum Gasteiger partial charge on any atom is 0.0967 e. The molecular weight excluding hydrogens is 274 g/mol. The molecule has 0 aliphatic heterocycles. The Balaban J connectivity index is 2.05. The van der Waals surface area contributed by atoms with Gasteiger partial charge in [-0.1, -0.05) is 50.6 Å². The van der Waals surface area contributed by atoms with Crippen LogP contribution in [0.15, 0.2) is 36.5 Å². The van der Waals surface area contributed by atoms with Crippen LogP contribution in [0.5, 0.6) is 0 Å². The number of aliphatic hydroxyl groups is 1. The lowest BCUT2D eigenvalue weighted by Gasteiger charge is -2.29. The first-order valence-corrected chi connectivity index (χ1v) is 7.95. The van der Waals surface area contributed by atoms with Crippen molar-refractivity contribution in [3.8, 4) is 11.3 Å². The Bertz CT molecular complexity index is 590. The molecule has 2 atom stereocenters. The molecule has 0 aliphatic rings. The van der Waals surface area contributed by atoms with Gasteiger partial charge in [0.05, 0.1) is 11.3 Å². The summed E-state index contributed by atoms with van der Waals surface area (Å²) >= 11 is 0. The van der Waals surface area contributed by atoms with E-state index in [-0.39, 0.29) is 5.92 Å². The molecule has 0 saturated heterocycles. The highest BCUT2D eigenvalue weighted by Crippen LogP contribution is 2.22. The van der Waals surface area contributed by atoms with E-state index >= 15 is 0 Å². The summed E-state index contributed by atoms with van der Waals surface area (Å²) < 4.78 is 1.84. The molecule has 2 rings (SSSR count).